The van der Waals surface area contributed by atoms with E-state index in [9.17, 15) is 22.4 Å². The van der Waals surface area contributed by atoms with Gasteiger partial charge in [0.05, 0.1) is 21.8 Å². The van der Waals surface area contributed by atoms with E-state index >= 15 is 0 Å². The number of aromatic amines is 1. The molecule has 0 saturated carbocycles. The zero-order valence-electron chi connectivity index (χ0n) is 23.2. The van der Waals surface area contributed by atoms with Crippen molar-refractivity contribution >= 4 is 62.2 Å². The number of hydrogen-bond donors (Lipinski definition) is 3. The number of rotatable bonds is 8. The molecule has 0 spiro atoms. The molecule has 0 aliphatic carbocycles. The van der Waals surface area contributed by atoms with Crippen LogP contribution >= 0.6 is 23.2 Å². The van der Waals surface area contributed by atoms with E-state index in [4.69, 9.17) is 23.2 Å². The lowest BCUT2D eigenvalue weighted by molar-refractivity contribution is -0.110. The maximum atomic E-state index is 13.7. The van der Waals surface area contributed by atoms with E-state index in [-0.39, 0.29) is 32.3 Å². The number of aromatic nitrogens is 1. The number of H-pyrrole nitrogens is 1. The van der Waals surface area contributed by atoms with E-state index in [1.165, 1.54) is 12.1 Å². The molecule has 1 aromatic heterocycles. The second kappa shape index (κ2) is 12.2. The van der Waals surface area contributed by atoms with Crippen molar-refractivity contribution in [1.29, 1.82) is 0 Å². The summed E-state index contributed by atoms with van der Waals surface area (Å²) in [6.07, 6.45) is 2.19. The summed E-state index contributed by atoms with van der Waals surface area (Å²) >= 11 is 12.4. The Labute approximate surface area is 254 Å². The molecular weight excluding hydrogens is 602 g/mol. The molecule has 3 aromatic rings. The van der Waals surface area contributed by atoms with Gasteiger partial charge in [0, 0.05) is 57.9 Å². The van der Waals surface area contributed by atoms with Gasteiger partial charge in [0.2, 0.25) is 0 Å². The van der Waals surface area contributed by atoms with E-state index in [2.05, 4.69) is 15.6 Å². The third-order valence-electron chi connectivity index (χ3n) is 7.68. The summed E-state index contributed by atoms with van der Waals surface area (Å²) < 4.78 is 40.3. The molecule has 2 aliphatic rings. The minimum atomic E-state index is -3.86. The Morgan fingerprint density at radius 3 is 2.64 bits per heavy atom. The summed E-state index contributed by atoms with van der Waals surface area (Å²) in [7, 11) is -3.86. The van der Waals surface area contributed by atoms with E-state index in [0.717, 1.165) is 13.0 Å². The SMILES string of the molecule is Cc1[nH]c(/C=C2\C(=O)Nc3ccc(S(=O)(=O)Cc4c(Cl)cccc4Cl)cc32)c(C)c1C(=O)NCCN1CCCC(F)C1. The van der Waals surface area contributed by atoms with Crippen molar-refractivity contribution in [2.45, 2.75) is 43.5 Å². The fourth-order valence-electron chi connectivity index (χ4n) is 5.47. The highest BCUT2D eigenvalue weighted by Crippen LogP contribution is 2.37. The van der Waals surface area contributed by atoms with E-state index in [1.54, 1.807) is 44.2 Å². The second-order valence-electron chi connectivity index (χ2n) is 10.6. The standard InChI is InChI=1S/C30H31Cl2FN4O4S/c1-17-27(35-18(2)28(17)30(39)34-10-12-37-11-4-5-19(33)15-37)14-22-21-13-20(8-9-26(21)36-29(22)38)42(40,41)16-23-24(31)6-3-7-25(23)32/h3,6-9,13-14,19,35H,4-5,10-12,15-16H2,1-2H3,(H,34,39)(H,36,38)/b22-14-. The van der Waals surface area contributed by atoms with Gasteiger partial charge in [-0.25, -0.2) is 12.8 Å². The monoisotopic (exact) mass is 632 g/mol. The number of nitrogens with one attached hydrogen (secondary N) is 3. The zero-order valence-corrected chi connectivity index (χ0v) is 25.5. The zero-order chi connectivity index (χ0) is 30.2. The van der Waals surface area contributed by atoms with Gasteiger partial charge in [-0.3, -0.25) is 14.5 Å². The van der Waals surface area contributed by atoms with Crippen molar-refractivity contribution in [1.82, 2.24) is 15.2 Å². The molecule has 222 valence electrons. The van der Waals surface area contributed by atoms with Crippen molar-refractivity contribution in [3.8, 4) is 0 Å². The smallest absolute Gasteiger partial charge is 0.256 e. The molecule has 3 N–H and O–H groups in total. The summed E-state index contributed by atoms with van der Waals surface area (Å²) in [4.78, 5) is 31.2. The van der Waals surface area contributed by atoms with Crippen LogP contribution in [0.5, 0.6) is 0 Å². The number of carbonyl (C=O) groups excluding carboxylic acids is 2. The number of piperidine rings is 1. The average Bonchev–Trinajstić information content (AvgIpc) is 3.40. The lowest BCUT2D eigenvalue weighted by Crippen LogP contribution is -2.41. The Bertz CT molecular complexity index is 1680. The molecule has 1 fully saturated rings. The Morgan fingerprint density at radius 1 is 1.19 bits per heavy atom. The number of benzene rings is 2. The van der Waals surface area contributed by atoms with Crippen molar-refractivity contribution < 1.29 is 22.4 Å². The van der Waals surface area contributed by atoms with Gasteiger partial charge in [-0.05, 0) is 75.2 Å². The molecule has 1 unspecified atom stereocenters. The topological polar surface area (TPSA) is 111 Å². The average molecular weight is 634 g/mol. The van der Waals surface area contributed by atoms with Crippen LogP contribution in [0.1, 0.15) is 51.3 Å². The number of hydrogen-bond acceptors (Lipinski definition) is 5. The summed E-state index contributed by atoms with van der Waals surface area (Å²) in [5, 5.41) is 6.19. The van der Waals surface area contributed by atoms with E-state index in [0.29, 0.717) is 65.4 Å². The van der Waals surface area contributed by atoms with Crippen LogP contribution in [0.15, 0.2) is 41.3 Å². The quantitative estimate of drug-likeness (QED) is 0.281. The number of anilines is 1. The molecule has 1 saturated heterocycles. The molecule has 2 aromatic carbocycles. The minimum absolute atomic E-state index is 0.0203. The Hall–Kier alpha value is -3.18. The Balaban J connectivity index is 1.37. The Morgan fingerprint density at radius 2 is 1.93 bits per heavy atom. The number of likely N-dealkylation sites (tertiary alicyclic amines) is 1. The first-order chi connectivity index (χ1) is 19.9. The third kappa shape index (κ3) is 6.27. The highest BCUT2D eigenvalue weighted by atomic mass is 35.5. The van der Waals surface area contributed by atoms with Crippen LogP contribution < -0.4 is 10.6 Å². The summed E-state index contributed by atoms with van der Waals surface area (Å²) in [5.74, 6) is -1.05. The molecular formula is C30H31Cl2FN4O4S. The Kier molecular flexibility index (Phi) is 8.80. The van der Waals surface area contributed by atoms with Crippen LogP contribution in [0.3, 0.4) is 0 Å². The van der Waals surface area contributed by atoms with Crippen LogP contribution in [0.2, 0.25) is 10.0 Å². The fourth-order valence-corrected chi connectivity index (χ4v) is 7.59. The third-order valence-corrected chi connectivity index (χ3v) is 10.0. The van der Waals surface area contributed by atoms with E-state index < -0.39 is 21.8 Å². The lowest BCUT2D eigenvalue weighted by atomic mass is 10.0. The van der Waals surface area contributed by atoms with Gasteiger partial charge >= 0.3 is 0 Å². The predicted octanol–water partition coefficient (Wildman–Crippen LogP) is 5.57. The highest BCUT2D eigenvalue weighted by molar-refractivity contribution is 7.90. The molecule has 1 atom stereocenters. The van der Waals surface area contributed by atoms with Gasteiger partial charge in [0.15, 0.2) is 9.84 Å². The van der Waals surface area contributed by atoms with Crippen molar-refractivity contribution in [2.75, 3.05) is 31.5 Å². The lowest BCUT2D eigenvalue weighted by Gasteiger charge is -2.28. The second-order valence-corrected chi connectivity index (χ2v) is 13.4. The van der Waals surface area contributed by atoms with Crippen LogP contribution in [0.4, 0.5) is 10.1 Å². The van der Waals surface area contributed by atoms with Crippen LogP contribution in [-0.4, -0.2) is 62.5 Å². The maximum absolute atomic E-state index is 13.7. The van der Waals surface area contributed by atoms with Gasteiger partial charge in [-0.15, -0.1) is 0 Å². The molecule has 5 rings (SSSR count). The van der Waals surface area contributed by atoms with Crippen LogP contribution in [-0.2, 0) is 20.4 Å². The molecule has 8 nitrogen and oxygen atoms in total. The summed E-state index contributed by atoms with van der Waals surface area (Å²) in [6, 6.07) is 9.24. The van der Waals surface area contributed by atoms with Crippen molar-refractivity contribution in [3.63, 3.8) is 0 Å². The number of alkyl halides is 1. The normalized spacial score (nSPS) is 18.3. The fraction of sp³-hybridized carbons (Fsp3) is 0.333. The maximum Gasteiger partial charge on any atom is 0.256 e. The predicted molar refractivity (Wildman–Crippen MR) is 163 cm³/mol. The van der Waals surface area contributed by atoms with Crippen molar-refractivity contribution in [2.24, 2.45) is 0 Å². The van der Waals surface area contributed by atoms with Gasteiger partial charge in [-0.1, -0.05) is 29.3 Å². The van der Waals surface area contributed by atoms with Crippen LogP contribution in [0, 0.1) is 13.8 Å². The number of halogens is 3. The van der Waals surface area contributed by atoms with Crippen molar-refractivity contribution in [3.05, 3.63) is 80.1 Å². The van der Waals surface area contributed by atoms with Gasteiger partial charge in [-0.2, -0.15) is 0 Å². The number of carbonyl (C=O) groups is 2. The van der Waals surface area contributed by atoms with E-state index in [1.807, 2.05) is 4.90 Å². The number of amides is 2. The number of sulfone groups is 1. The largest absolute Gasteiger partial charge is 0.358 e. The molecule has 0 radical (unpaired) electrons. The molecule has 0 bridgehead atoms. The molecule has 2 aliphatic heterocycles. The molecule has 3 heterocycles. The molecule has 42 heavy (non-hydrogen) atoms. The number of nitrogens with zero attached hydrogens (tertiary/aromatic N) is 1. The summed E-state index contributed by atoms with van der Waals surface area (Å²) in [5.41, 5.74) is 3.78. The minimum Gasteiger partial charge on any atom is -0.358 e. The number of fused-ring (bicyclic) bond motifs is 1. The number of aryl methyl sites for hydroxylation is 1. The van der Waals surface area contributed by atoms with Crippen LogP contribution in [0.25, 0.3) is 11.6 Å². The first kappa shape index (κ1) is 30.3. The molecule has 12 heteroatoms. The van der Waals surface area contributed by atoms with Gasteiger partial charge < -0.3 is 15.6 Å². The first-order valence-electron chi connectivity index (χ1n) is 13.6. The summed E-state index contributed by atoms with van der Waals surface area (Å²) in [6.45, 7) is 5.71. The highest BCUT2D eigenvalue weighted by Gasteiger charge is 2.29. The first-order valence-corrected chi connectivity index (χ1v) is 16.0. The van der Waals surface area contributed by atoms with Gasteiger partial charge in [0.25, 0.3) is 11.8 Å². The molecule has 2 amide bonds. The van der Waals surface area contributed by atoms with Gasteiger partial charge in [0.1, 0.15) is 6.17 Å².